The molecule has 1 aliphatic heterocycles. The average molecular weight is 491 g/mol. The third kappa shape index (κ3) is 5.57. The second-order valence-electron chi connectivity index (χ2n) is 8.75. The Labute approximate surface area is 212 Å². The lowest BCUT2D eigenvalue weighted by Crippen LogP contribution is -2.43. The smallest absolute Gasteiger partial charge is 0.234 e. The van der Waals surface area contributed by atoms with Crippen LogP contribution in [0.1, 0.15) is 28.3 Å². The molecule has 190 valence electrons. The van der Waals surface area contributed by atoms with Crippen molar-refractivity contribution in [1.82, 2.24) is 10.2 Å². The maximum absolute atomic E-state index is 13.0. The number of carbonyl (C=O) groups excluding carboxylic acids is 1. The number of methoxy groups -OCH3 is 4. The Morgan fingerprint density at radius 2 is 1.50 bits per heavy atom. The molecule has 0 radical (unpaired) electrons. The first kappa shape index (κ1) is 25.4. The molecule has 3 aromatic carbocycles. The highest BCUT2D eigenvalue weighted by atomic mass is 16.5. The minimum absolute atomic E-state index is 0.0125. The van der Waals surface area contributed by atoms with Gasteiger partial charge in [-0.25, -0.2) is 0 Å². The van der Waals surface area contributed by atoms with Crippen molar-refractivity contribution in [2.24, 2.45) is 0 Å². The molecule has 0 aromatic heterocycles. The van der Waals surface area contributed by atoms with Crippen molar-refractivity contribution < 1.29 is 23.7 Å². The van der Waals surface area contributed by atoms with Crippen molar-refractivity contribution in [3.63, 3.8) is 0 Å². The number of carbonyl (C=O) groups is 1. The van der Waals surface area contributed by atoms with Gasteiger partial charge in [-0.15, -0.1) is 0 Å². The molecule has 1 heterocycles. The number of fused-ring (bicyclic) bond motifs is 1. The Morgan fingerprint density at radius 3 is 2.19 bits per heavy atom. The van der Waals surface area contributed by atoms with Crippen molar-refractivity contribution in [2.75, 3.05) is 41.5 Å². The van der Waals surface area contributed by atoms with Crippen LogP contribution in [0.2, 0.25) is 0 Å². The van der Waals surface area contributed by atoms with Gasteiger partial charge in [-0.1, -0.05) is 36.4 Å². The third-order valence-corrected chi connectivity index (χ3v) is 6.69. The van der Waals surface area contributed by atoms with Crippen molar-refractivity contribution in [2.45, 2.75) is 25.4 Å². The van der Waals surface area contributed by atoms with E-state index in [-0.39, 0.29) is 18.5 Å². The lowest BCUT2D eigenvalue weighted by Gasteiger charge is -2.38. The fourth-order valence-corrected chi connectivity index (χ4v) is 4.90. The highest BCUT2D eigenvalue weighted by Crippen LogP contribution is 2.43. The summed E-state index contributed by atoms with van der Waals surface area (Å²) < 4.78 is 22.4. The predicted molar refractivity (Wildman–Crippen MR) is 139 cm³/mol. The maximum Gasteiger partial charge on any atom is 0.234 e. The van der Waals surface area contributed by atoms with Crippen LogP contribution in [0.3, 0.4) is 0 Å². The van der Waals surface area contributed by atoms with E-state index in [1.807, 2.05) is 60.7 Å². The number of hydrogen-bond donors (Lipinski definition) is 1. The Bertz CT molecular complexity index is 1180. The van der Waals surface area contributed by atoms with Crippen molar-refractivity contribution >= 4 is 5.91 Å². The summed E-state index contributed by atoms with van der Waals surface area (Å²) in [5, 5.41) is 3.07. The van der Waals surface area contributed by atoms with Crippen LogP contribution >= 0.6 is 0 Å². The molecule has 1 atom stereocenters. The standard InChI is InChI=1S/C29H34N2O5/c1-33-24-12-13-26(35-3)29-22(24)14-15-31(19-28(32)30-18-20-8-6-5-7-9-20)23(29)16-21-10-11-25(34-2)27(17-21)36-4/h5-13,17,23H,14-16,18-19H2,1-4H3,(H,30,32). The van der Waals surface area contributed by atoms with E-state index in [1.54, 1.807) is 28.4 Å². The number of rotatable bonds is 10. The number of nitrogens with zero attached hydrogens (tertiary/aromatic N) is 1. The third-order valence-electron chi connectivity index (χ3n) is 6.69. The van der Waals surface area contributed by atoms with E-state index in [9.17, 15) is 4.79 Å². The van der Waals surface area contributed by atoms with E-state index < -0.39 is 0 Å². The molecule has 1 N–H and O–H groups in total. The zero-order chi connectivity index (χ0) is 25.5. The minimum atomic E-state index is -0.0839. The average Bonchev–Trinajstić information content (AvgIpc) is 2.92. The van der Waals surface area contributed by atoms with Crippen LogP contribution in [0.4, 0.5) is 0 Å². The summed E-state index contributed by atoms with van der Waals surface area (Å²) in [7, 11) is 6.63. The van der Waals surface area contributed by atoms with E-state index in [1.165, 1.54) is 0 Å². The molecule has 7 heteroatoms. The van der Waals surface area contributed by atoms with Gasteiger partial charge in [0.15, 0.2) is 11.5 Å². The minimum Gasteiger partial charge on any atom is -0.496 e. The molecule has 36 heavy (non-hydrogen) atoms. The second-order valence-corrected chi connectivity index (χ2v) is 8.75. The van der Waals surface area contributed by atoms with Crippen LogP contribution in [0.15, 0.2) is 60.7 Å². The molecule has 7 nitrogen and oxygen atoms in total. The summed E-state index contributed by atoms with van der Waals surface area (Å²) in [6, 6.07) is 19.7. The fourth-order valence-electron chi connectivity index (χ4n) is 4.90. The monoisotopic (exact) mass is 490 g/mol. The van der Waals surface area contributed by atoms with Gasteiger partial charge < -0.3 is 24.3 Å². The van der Waals surface area contributed by atoms with E-state index in [4.69, 9.17) is 18.9 Å². The first-order valence-electron chi connectivity index (χ1n) is 12.1. The SMILES string of the molecule is COc1ccc(CC2c3c(OC)ccc(OC)c3CCN2CC(=O)NCc2ccccc2)cc1OC. The molecular weight excluding hydrogens is 456 g/mol. The zero-order valence-corrected chi connectivity index (χ0v) is 21.4. The summed E-state index contributed by atoms with van der Waals surface area (Å²) in [4.78, 5) is 15.2. The van der Waals surface area contributed by atoms with Crippen molar-refractivity contribution in [3.05, 3.63) is 82.9 Å². The molecule has 3 aromatic rings. The quantitative estimate of drug-likeness (QED) is 0.460. The van der Waals surface area contributed by atoms with Crippen LogP contribution in [0.25, 0.3) is 0 Å². The second kappa shape index (κ2) is 11.8. The zero-order valence-electron chi connectivity index (χ0n) is 21.4. The number of ether oxygens (including phenoxy) is 4. The van der Waals surface area contributed by atoms with Gasteiger partial charge in [0.2, 0.25) is 5.91 Å². The van der Waals surface area contributed by atoms with Gasteiger partial charge in [0.25, 0.3) is 0 Å². The molecule has 1 unspecified atom stereocenters. The van der Waals surface area contributed by atoms with E-state index in [0.29, 0.717) is 24.5 Å². The summed E-state index contributed by atoms with van der Waals surface area (Å²) in [6.07, 6.45) is 1.44. The van der Waals surface area contributed by atoms with Crippen LogP contribution < -0.4 is 24.3 Å². The van der Waals surface area contributed by atoms with Crippen LogP contribution in [0, 0.1) is 0 Å². The fraction of sp³-hybridized carbons (Fsp3) is 0.345. The lowest BCUT2D eigenvalue weighted by molar-refractivity contribution is -0.123. The highest BCUT2D eigenvalue weighted by molar-refractivity contribution is 5.78. The van der Waals surface area contributed by atoms with Crippen LogP contribution in [-0.2, 0) is 24.2 Å². The lowest BCUT2D eigenvalue weighted by atomic mass is 9.87. The first-order valence-corrected chi connectivity index (χ1v) is 12.1. The summed E-state index contributed by atoms with van der Waals surface area (Å²) in [5.74, 6) is 2.99. The normalized spacial score (nSPS) is 15.1. The van der Waals surface area contributed by atoms with Gasteiger partial charge in [-0.2, -0.15) is 0 Å². The molecule has 0 fully saturated rings. The highest BCUT2D eigenvalue weighted by Gasteiger charge is 2.33. The first-order chi connectivity index (χ1) is 17.6. The number of benzene rings is 3. The van der Waals surface area contributed by atoms with Crippen molar-refractivity contribution in [3.8, 4) is 23.0 Å². The summed E-state index contributed by atoms with van der Waals surface area (Å²) in [5.41, 5.74) is 4.34. The number of amides is 1. The summed E-state index contributed by atoms with van der Waals surface area (Å²) >= 11 is 0. The molecule has 0 aliphatic carbocycles. The molecule has 1 amide bonds. The van der Waals surface area contributed by atoms with E-state index >= 15 is 0 Å². The van der Waals surface area contributed by atoms with E-state index in [2.05, 4.69) is 10.2 Å². The maximum atomic E-state index is 13.0. The van der Waals surface area contributed by atoms with E-state index in [0.717, 1.165) is 46.7 Å². The summed E-state index contributed by atoms with van der Waals surface area (Å²) in [6.45, 7) is 1.51. The Morgan fingerprint density at radius 1 is 0.833 bits per heavy atom. The Hall–Kier alpha value is -3.71. The Balaban J connectivity index is 1.64. The van der Waals surface area contributed by atoms with Gasteiger partial charge in [0.1, 0.15) is 11.5 Å². The predicted octanol–water partition coefficient (Wildman–Crippen LogP) is 4.18. The topological polar surface area (TPSA) is 69.3 Å². The Kier molecular flexibility index (Phi) is 8.33. The molecule has 1 aliphatic rings. The molecule has 0 saturated carbocycles. The molecule has 0 bridgehead atoms. The van der Waals surface area contributed by atoms with Crippen LogP contribution in [0.5, 0.6) is 23.0 Å². The largest absolute Gasteiger partial charge is 0.496 e. The van der Waals surface area contributed by atoms with Gasteiger partial charge in [-0.05, 0) is 48.2 Å². The molecular formula is C29H34N2O5. The molecule has 0 spiro atoms. The number of nitrogens with one attached hydrogen (secondary N) is 1. The van der Waals surface area contributed by atoms with Crippen LogP contribution in [-0.4, -0.2) is 52.3 Å². The van der Waals surface area contributed by atoms with Gasteiger partial charge in [0.05, 0.1) is 35.0 Å². The van der Waals surface area contributed by atoms with Crippen molar-refractivity contribution in [1.29, 1.82) is 0 Å². The molecule has 4 rings (SSSR count). The van der Waals surface area contributed by atoms with Gasteiger partial charge in [0, 0.05) is 30.3 Å². The number of hydrogen-bond acceptors (Lipinski definition) is 6. The van der Waals surface area contributed by atoms with Gasteiger partial charge in [-0.3, -0.25) is 9.69 Å². The molecule has 0 saturated heterocycles. The van der Waals surface area contributed by atoms with Gasteiger partial charge >= 0.3 is 0 Å².